The third-order valence-electron chi connectivity index (χ3n) is 2.22. The summed E-state index contributed by atoms with van der Waals surface area (Å²) in [5.74, 6) is -0.969. The van der Waals surface area contributed by atoms with E-state index in [2.05, 4.69) is 5.32 Å². The van der Waals surface area contributed by atoms with Crippen LogP contribution >= 0.6 is 11.6 Å². The summed E-state index contributed by atoms with van der Waals surface area (Å²) >= 11 is 5.84. The molecule has 1 rings (SSSR count). The van der Waals surface area contributed by atoms with E-state index in [0.717, 1.165) is 0 Å². The van der Waals surface area contributed by atoms with Gasteiger partial charge in [0, 0.05) is 18.7 Å². The quantitative estimate of drug-likeness (QED) is 0.621. The van der Waals surface area contributed by atoms with E-state index in [9.17, 15) is 14.9 Å². The molecule has 1 aromatic rings. The summed E-state index contributed by atoms with van der Waals surface area (Å²) in [6.45, 7) is 1.74. The lowest BCUT2D eigenvalue weighted by Gasteiger charge is -2.09. The number of hydrogen-bond donors (Lipinski definition) is 2. The van der Waals surface area contributed by atoms with Crippen molar-refractivity contribution in [1.82, 2.24) is 5.32 Å². The van der Waals surface area contributed by atoms with Crippen molar-refractivity contribution in [3.63, 3.8) is 0 Å². The molecule has 0 unspecified atom stereocenters. The first-order chi connectivity index (χ1) is 7.91. The van der Waals surface area contributed by atoms with Crippen LogP contribution in [0.4, 0.5) is 5.69 Å². The highest BCUT2D eigenvalue weighted by atomic mass is 35.5. The summed E-state index contributed by atoms with van der Waals surface area (Å²) in [7, 11) is 0. The number of benzene rings is 1. The Morgan fingerprint density at radius 3 is 2.76 bits per heavy atom. The van der Waals surface area contributed by atoms with Crippen molar-refractivity contribution in [2.24, 2.45) is 0 Å². The predicted molar refractivity (Wildman–Crippen MR) is 62.0 cm³/mol. The fourth-order valence-electron chi connectivity index (χ4n) is 1.14. The van der Waals surface area contributed by atoms with Crippen LogP contribution in [0.2, 0.25) is 5.02 Å². The summed E-state index contributed by atoms with van der Waals surface area (Å²) < 4.78 is 0. The molecular weight excluding hydrogens is 248 g/mol. The Kier molecular flexibility index (Phi) is 4.42. The number of nitro groups is 1. The number of carbonyl (C=O) groups is 1. The lowest BCUT2D eigenvalue weighted by atomic mass is 10.2. The molecule has 92 valence electrons. The number of carboxylic acid groups (broad SMARTS) is 1. The molecule has 0 heterocycles. The van der Waals surface area contributed by atoms with Gasteiger partial charge in [-0.05, 0) is 18.6 Å². The van der Waals surface area contributed by atoms with Crippen molar-refractivity contribution in [1.29, 1.82) is 0 Å². The van der Waals surface area contributed by atoms with Gasteiger partial charge in [-0.15, -0.1) is 0 Å². The van der Waals surface area contributed by atoms with Crippen LogP contribution in [0.1, 0.15) is 12.5 Å². The van der Waals surface area contributed by atoms with E-state index >= 15 is 0 Å². The van der Waals surface area contributed by atoms with Gasteiger partial charge < -0.3 is 10.4 Å². The zero-order valence-corrected chi connectivity index (χ0v) is 9.77. The van der Waals surface area contributed by atoms with Crippen LogP contribution < -0.4 is 5.32 Å². The molecule has 6 nitrogen and oxygen atoms in total. The van der Waals surface area contributed by atoms with Gasteiger partial charge in [0.05, 0.1) is 9.95 Å². The Labute approximate surface area is 102 Å². The van der Waals surface area contributed by atoms with Gasteiger partial charge in [-0.2, -0.15) is 0 Å². The minimum absolute atomic E-state index is 0.0926. The van der Waals surface area contributed by atoms with E-state index in [0.29, 0.717) is 5.56 Å². The van der Waals surface area contributed by atoms with Crippen LogP contribution in [0.25, 0.3) is 0 Å². The van der Waals surface area contributed by atoms with Crippen molar-refractivity contribution in [3.05, 3.63) is 38.9 Å². The summed E-state index contributed by atoms with van der Waals surface area (Å²) in [5.41, 5.74) is 0.524. The third-order valence-corrected chi connectivity index (χ3v) is 2.57. The fourth-order valence-corrected chi connectivity index (χ4v) is 1.39. The van der Waals surface area contributed by atoms with Gasteiger partial charge in [0.2, 0.25) is 0 Å². The normalized spacial score (nSPS) is 12.1. The zero-order chi connectivity index (χ0) is 13.0. The van der Waals surface area contributed by atoms with Gasteiger partial charge in [-0.25, -0.2) is 0 Å². The second-order valence-corrected chi connectivity index (χ2v) is 3.88. The maximum atomic E-state index is 10.6. The Morgan fingerprint density at radius 2 is 2.29 bits per heavy atom. The first-order valence-electron chi connectivity index (χ1n) is 4.81. The Morgan fingerprint density at radius 1 is 1.65 bits per heavy atom. The lowest BCUT2D eigenvalue weighted by molar-refractivity contribution is -0.384. The topological polar surface area (TPSA) is 92.5 Å². The van der Waals surface area contributed by atoms with E-state index < -0.39 is 16.9 Å². The molecule has 0 fully saturated rings. The van der Waals surface area contributed by atoms with Crippen molar-refractivity contribution >= 4 is 23.3 Å². The molecule has 7 heteroatoms. The predicted octanol–water partition coefficient (Wildman–Crippen LogP) is 1.81. The van der Waals surface area contributed by atoms with E-state index in [1.807, 2.05) is 0 Å². The molecule has 0 saturated heterocycles. The lowest BCUT2D eigenvalue weighted by Crippen LogP contribution is -2.33. The summed E-state index contributed by atoms with van der Waals surface area (Å²) in [4.78, 5) is 20.5. The number of aliphatic carboxylic acids is 1. The number of nitrogens with one attached hydrogen (secondary N) is 1. The molecule has 0 amide bonds. The molecule has 0 aromatic heterocycles. The van der Waals surface area contributed by atoms with Crippen molar-refractivity contribution in [3.8, 4) is 0 Å². The molecule has 17 heavy (non-hydrogen) atoms. The molecule has 1 aromatic carbocycles. The number of rotatable bonds is 5. The van der Waals surface area contributed by atoms with Gasteiger partial charge >= 0.3 is 5.97 Å². The maximum absolute atomic E-state index is 10.6. The molecule has 0 radical (unpaired) electrons. The van der Waals surface area contributed by atoms with E-state index in [-0.39, 0.29) is 17.3 Å². The third kappa shape index (κ3) is 3.69. The Hall–Kier alpha value is -1.66. The second kappa shape index (κ2) is 5.60. The highest BCUT2D eigenvalue weighted by Gasteiger charge is 2.12. The minimum Gasteiger partial charge on any atom is -0.480 e. The van der Waals surface area contributed by atoms with Crippen molar-refractivity contribution in [2.45, 2.75) is 19.5 Å². The van der Waals surface area contributed by atoms with Crippen LogP contribution in [-0.2, 0) is 11.3 Å². The van der Waals surface area contributed by atoms with Crippen LogP contribution in [0, 0.1) is 10.1 Å². The number of carboxylic acids is 1. The molecule has 0 bridgehead atoms. The highest BCUT2D eigenvalue weighted by molar-refractivity contribution is 6.31. The average Bonchev–Trinajstić information content (AvgIpc) is 2.26. The van der Waals surface area contributed by atoms with Crippen LogP contribution in [0.3, 0.4) is 0 Å². The summed E-state index contributed by atoms with van der Waals surface area (Å²) in [5, 5.41) is 22.1. The molecule has 0 spiro atoms. The molecule has 1 atom stereocenters. The summed E-state index contributed by atoms with van der Waals surface area (Å²) in [6.07, 6.45) is 0. The maximum Gasteiger partial charge on any atom is 0.320 e. The van der Waals surface area contributed by atoms with Crippen LogP contribution in [0.5, 0.6) is 0 Å². The van der Waals surface area contributed by atoms with Crippen molar-refractivity contribution < 1.29 is 14.8 Å². The SMILES string of the molecule is C[C@@H](NCc1ccc([N+](=O)[O-])cc1Cl)C(=O)O. The van der Waals surface area contributed by atoms with E-state index in [1.54, 1.807) is 0 Å². The van der Waals surface area contributed by atoms with Gasteiger partial charge in [-0.1, -0.05) is 11.6 Å². The number of hydrogen-bond acceptors (Lipinski definition) is 4. The summed E-state index contributed by atoms with van der Waals surface area (Å²) in [6, 6.07) is 3.36. The first-order valence-corrected chi connectivity index (χ1v) is 5.18. The average molecular weight is 259 g/mol. The first kappa shape index (κ1) is 13.4. The van der Waals surface area contributed by atoms with Gasteiger partial charge in [-0.3, -0.25) is 14.9 Å². The molecule has 2 N–H and O–H groups in total. The Balaban J connectivity index is 2.73. The zero-order valence-electron chi connectivity index (χ0n) is 9.01. The van der Waals surface area contributed by atoms with Gasteiger partial charge in [0.1, 0.15) is 6.04 Å². The molecule has 0 aliphatic heterocycles. The second-order valence-electron chi connectivity index (χ2n) is 3.47. The largest absolute Gasteiger partial charge is 0.480 e. The van der Waals surface area contributed by atoms with Crippen LogP contribution in [0.15, 0.2) is 18.2 Å². The molecule has 0 aliphatic carbocycles. The standard InChI is InChI=1S/C10H11ClN2O4/c1-6(10(14)15)12-5-7-2-3-8(13(16)17)4-9(7)11/h2-4,6,12H,5H2,1H3,(H,14,15)/t6-/m1/s1. The van der Waals surface area contributed by atoms with Crippen molar-refractivity contribution in [2.75, 3.05) is 0 Å². The minimum atomic E-state index is -0.969. The number of nitrogens with zero attached hydrogens (tertiary/aromatic N) is 1. The number of non-ortho nitro benzene ring substituents is 1. The van der Waals surface area contributed by atoms with E-state index in [4.69, 9.17) is 16.7 Å². The van der Waals surface area contributed by atoms with E-state index in [1.165, 1.54) is 25.1 Å². The molecule has 0 saturated carbocycles. The molecule has 0 aliphatic rings. The fraction of sp³-hybridized carbons (Fsp3) is 0.300. The van der Waals surface area contributed by atoms with Gasteiger partial charge in [0.15, 0.2) is 0 Å². The smallest absolute Gasteiger partial charge is 0.320 e. The molecular formula is C10H11ClN2O4. The number of halogens is 1. The number of nitro benzene ring substituents is 1. The highest BCUT2D eigenvalue weighted by Crippen LogP contribution is 2.22. The monoisotopic (exact) mass is 258 g/mol. The van der Waals surface area contributed by atoms with Gasteiger partial charge in [0.25, 0.3) is 5.69 Å². The van der Waals surface area contributed by atoms with Crippen LogP contribution in [-0.4, -0.2) is 22.0 Å². The Bertz CT molecular complexity index is 450.